The molecule has 1 atom stereocenters. The molecule has 0 amide bonds. The van der Waals surface area contributed by atoms with Gasteiger partial charge in [-0.25, -0.2) is 0 Å². The van der Waals surface area contributed by atoms with Crippen LogP contribution in [0.5, 0.6) is 0 Å². The van der Waals surface area contributed by atoms with Crippen LogP contribution in [0.1, 0.15) is 32.6 Å². The molecule has 1 fully saturated rings. The number of aliphatic hydroxyl groups is 1. The van der Waals surface area contributed by atoms with Crippen LogP contribution in [-0.4, -0.2) is 24.3 Å². The summed E-state index contributed by atoms with van der Waals surface area (Å²) in [5, 5.41) is 10.3. The highest BCUT2D eigenvalue weighted by Crippen LogP contribution is 2.28. The van der Waals surface area contributed by atoms with Gasteiger partial charge in [0, 0.05) is 18.8 Å². The molecule has 17 heavy (non-hydrogen) atoms. The highest BCUT2D eigenvalue weighted by molar-refractivity contribution is 5.45. The van der Waals surface area contributed by atoms with Gasteiger partial charge in [-0.15, -0.1) is 0 Å². The van der Waals surface area contributed by atoms with E-state index in [9.17, 15) is 5.11 Å². The Hall–Kier alpha value is -1.02. The monoisotopic (exact) mass is 233 g/mol. The van der Waals surface area contributed by atoms with E-state index in [0.29, 0.717) is 5.92 Å². The van der Waals surface area contributed by atoms with Crippen LogP contribution in [0.25, 0.3) is 0 Å². The van der Waals surface area contributed by atoms with Crippen LogP contribution in [0, 0.1) is 5.92 Å². The van der Waals surface area contributed by atoms with Gasteiger partial charge in [-0.05, 0) is 37.8 Å². The zero-order valence-electron chi connectivity index (χ0n) is 10.7. The van der Waals surface area contributed by atoms with Crippen LogP contribution >= 0.6 is 0 Å². The van der Waals surface area contributed by atoms with E-state index in [0.717, 1.165) is 13.1 Å². The maximum absolute atomic E-state index is 10.3. The predicted molar refractivity (Wildman–Crippen MR) is 72.3 cm³/mol. The molecule has 2 nitrogen and oxygen atoms in total. The molecule has 2 rings (SSSR count). The largest absolute Gasteiger partial charge is 0.391 e. The van der Waals surface area contributed by atoms with Crippen molar-refractivity contribution in [1.82, 2.24) is 0 Å². The number of aliphatic hydroxyl groups excluding tert-OH is 1. The Morgan fingerprint density at radius 3 is 2.47 bits per heavy atom. The molecule has 1 aliphatic carbocycles. The van der Waals surface area contributed by atoms with Gasteiger partial charge in [0.1, 0.15) is 0 Å². The second-order valence-corrected chi connectivity index (χ2v) is 4.99. The summed E-state index contributed by atoms with van der Waals surface area (Å²) >= 11 is 0. The van der Waals surface area contributed by atoms with Crippen LogP contribution in [0.4, 0.5) is 5.69 Å². The van der Waals surface area contributed by atoms with E-state index >= 15 is 0 Å². The zero-order valence-corrected chi connectivity index (χ0v) is 10.7. The average Bonchev–Trinajstić information content (AvgIpc) is 2.90. The van der Waals surface area contributed by atoms with Gasteiger partial charge in [-0.3, -0.25) is 0 Å². The molecule has 0 heterocycles. The third-order valence-corrected chi connectivity index (χ3v) is 3.85. The summed E-state index contributed by atoms with van der Waals surface area (Å²) < 4.78 is 0. The van der Waals surface area contributed by atoms with Crippen molar-refractivity contribution in [2.45, 2.75) is 38.7 Å². The topological polar surface area (TPSA) is 23.5 Å². The minimum atomic E-state index is -0.169. The second kappa shape index (κ2) is 6.06. The molecule has 0 spiro atoms. The first-order chi connectivity index (χ1) is 8.31. The number of para-hydroxylation sites is 1. The van der Waals surface area contributed by atoms with E-state index in [2.05, 4.69) is 36.1 Å². The highest BCUT2D eigenvalue weighted by Gasteiger charge is 2.24. The molecule has 1 aromatic carbocycles. The fourth-order valence-electron chi connectivity index (χ4n) is 2.77. The van der Waals surface area contributed by atoms with Crippen molar-refractivity contribution in [2.24, 2.45) is 5.92 Å². The van der Waals surface area contributed by atoms with Crippen molar-refractivity contribution in [3.63, 3.8) is 0 Å². The predicted octanol–water partition coefficient (Wildman–Crippen LogP) is 3.06. The first-order valence-electron chi connectivity index (χ1n) is 6.79. The van der Waals surface area contributed by atoms with Crippen molar-refractivity contribution in [3.8, 4) is 0 Å². The normalized spacial score (nSPS) is 18.2. The Balaban J connectivity index is 1.95. The standard InChI is InChI=1S/C15H23NO/c1-2-16(14-10-4-3-5-11-14)12-15(17)13-8-6-7-9-13/h3-5,10-11,13,15,17H,2,6-9,12H2,1H3. The number of nitrogens with zero attached hydrogens (tertiary/aromatic N) is 1. The molecular formula is C15H23NO. The lowest BCUT2D eigenvalue weighted by molar-refractivity contribution is 0.116. The van der Waals surface area contributed by atoms with Gasteiger partial charge < -0.3 is 10.0 Å². The quantitative estimate of drug-likeness (QED) is 0.845. The van der Waals surface area contributed by atoms with Crippen LogP contribution in [-0.2, 0) is 0 Å². The first-order valence-corrected chi connectivity index (χ1v) is 6.79. The van der Waals surface area contributed by atoms with Gasteiger partial charge >= 0.3 is 0 Å². The maximum Gasteiger partial charge on any atom is 0.0743 e. The summed E-state index contributed by atoms with van der Waals surface area (Å²) in [6.45, 7) is 3.87. The van der Waals surface area contributed by atoms with Crippen LogP contribution in [0.3, 0.4) is 0 Å². The van der Waals surface area contributed by atoms with Gasteiger partial charge in [0.2, 0.25) is 0 Å². The summed E-state index contributed by atoms with van der Waals surface area (Å²) in [6.07, 6.45) is 4.82. The number of hydrogen-bond acceptors (Lipinski definition) is 2. The molecule has 1 aliphatic rings. The molecule has 1 N–H and O–H groups in total. The van der Waals surface area contributed by atoms with E-state index in [1.165, 1.54) is 31.4 Å². The number of rotatable bonds is 5. The van der Waals surface area contributed by atoms with Gasteiger partial charge in [0.15, 0.2) is 0 Å². The molecule has 1 saturated carbocycles. The van der Waals surface area contributed by atoms with E-state index in [4.69, 9.17) is 0 Å². The first kappa shape index (κ1) is 12.4. The summed E-state index contributed by atoms with van der Waals surface area (Å²) in [6, 6.07) is 10.4. The molecule has 1 aromatic rings. The fraction of sp³-hybridized carbons (Fsp3) is 0.600. The molecule has 1 unspecified atom stereocenters. The van der Waals surface area contributed by atoms with Crippen molar-refractivity contribution < 1.29 is 5.11 Å². The van der Waals surface area contributed by atoms with Crippen molar-refractivity contribution in [3.05, 3.63) is 30.3 Å². The minimum absolute atomic E-state index is 0.169. The van der Waals surface area contributed by atoms with Gasteiger partial charge in [0.05, 0.1) is 6.10 Å². The molecule has 0 aliphatic heterocycles. The Morgan fingerprint density at radius 2 is 1.88 bits per heavy atom. The van der Waals surface area contributed by atoms with E-state index < -0.39 is 0 Å². The molecule has 0 aromatic heterocycles. The number of hydrogen-bond donors (Lipinski definition) is 1. The Kier molecular flexibility index (Phi) is 4.43. The smallest absolute Gasteiger partial charge is 0.0743 e. The summed E-state index contributed by atoms with van der Waals surface area (Å²) in [4.78, 5) is 2.27. The Bertz CT molecular complexity index is 319. The lowest BCUT2D eigenvalue weighted by Crippen LogP contribution is -2.35. The number of benzene rings is 1. The summed E-state index contributed by atoms with van der Waals surface area (Å²) in [7, 11) is 0. The van der Waals surface area contributed by atoms with E-state index in [1.54, 1.807) is 0 Å². The number of anilines is 1. The van der Waals surface area contributed by atoms with Crippen molar-refractivity contribution >= 4 is 5.69 Å². The minimum Gasteiger partial charge on any atom is -0.391 e. The van der Waals surface area contributed by atoms with Gasteiger partial charge in [-0.2, -0.15) is 0 Å². The van der Waals surface area contributed by atoms with Crippen molar-refractivity contribution in [1.29, 1.82) is 0 Å². The van der Waals surface area contributed by atoms with Crippen LogP contribution < -0.4 is 4.90 Å². The van der Waals surface area contributed by atoms with E-state index in [1.807, 2.05) is 6.07 Å². The molecule has 0 saturated heterocycles. The second-order valence-electron chi connectivity index (χ2n) is 4.99. The third-order valence-electron chi connectivity index (χ3n) is 3.85. The molecule has 94 valence electrons. The van der Waals surface area contributed by atoms with E-state index in [-0.39, 0.29) is 6.10 Å². The molecule has 0 radical (unpaired) electrons. The number of likely N-dealkylation sites (N-methyl/N-ethyl adjacent to an activating group) is 1. The third kappa shape index (κ3) is 3.22. The van der Waals surface area contributed by atoms with Crippen molar-refractivity contribution in [2.75, 3.05) is 18.0 Å². The van der Waals surface area contributed by atoms with Crippen LogP contribution in [0.15, 0.2) is 30.3 Å². The van der Waals surface area contributed by atoms with Gasteiger partial charge in [-0.1, -0.05) is 31.0 Å². The average molecular weight is 233 g/mol. The molecule has 2 heteroatoms. The lowest BCUT2D eigenvalue weighted by Gasteiger charge is -2.28. The SMILES string of the molecule is CCN(CC(O)C1CCCC1)c1ccccc1. The molecule has 0 bridgehead atoms. The maximum atomic E-state index is 10.3. The Morgan fingerprint density at radius 1 is 1.24 bits per heavy atom. The lowest BCUT2D eigenvalue weighted by atomic mass is 10.0. The summed E-state index contributed by atoms with van der Waals surface area (Å²) in [5.41, 5.74) is 1.21. The Labute approximate surface area is 104 Å². The highest BCUT2D eigenvalue weighted by atomic mass is 16.3. The van der Waals surface area contributed by atoms with Crippen LogP contribution in [0.2, 0.25) is 0 Å². The zero-order chi connectivity index (χ0) is 12.1. The fourth-order valence-corrected chi connectivity index (χ4v) is 2.77. The molecular weight excluding hydrogens is 210 g/mol. The van der Waals surface area contributed by atoms with Gasteiger partial charge in [0.25, 0.3) is 0 Å². The summed E-state index contributed by atoms with van der Waals surface area (Å²) in [5.74, 6) is 0.521.